The summed E-state index contributed by atoms with van der Waals surface area (Å²) in [6, 6.07) is 7.99. The summed E-state index contributed by atoms with van der Waals surface area (Å²) in [4.78, 5) is 16.8. The number of pyridine rings is 1. The minimum Gasteiger partial charge on any atom is -0.394 e. The van der Waals surface area contributed by atoms with E-state index in [2.05, 4.69) is 30.1 Å². The molecule has 1 aromatic heterocycles. The highest BCUT2D eigenvalue weighted by Crippen LogP contribution is 2.63. The molecule has 5 rings (SSSR count). The molecule has 0 unspecified atom stereocenters. The fraction of sp³-hybridized carbons (Fsp3) is 0.517. The number of rotatable bonds is 8. The molecule has 0 bridgehead atoms. The predicted molar refractivity (Wildman–Crippen MR) is 130 cm³/mol. The Hall–Kier alpha value is -2.37. The van der Waals surface area contributed by atoms with E-state index in [-0.39, 0.29) is 23.6 Å². The lowest BCUT2D eigenvalue weighted by Crippen LogP contribution is -2.41. The van der Waals surface area contributed by atoms with Crippen LogP contribution >= 0.6 is 0 Å². The Kier molecular flexibility index (Phi) is 6.67. The third-order valence-electron chi connectivity index (χ3n) is 8.57. The molecule has 0 aliphatic heterocycles. The van der Waals surface area contributed by atoms with Gasteiger partial charge in [-0.25, -0.2) is 4.39 Å². The van der Waals surface area contributed by atoms with Crippen LogP contribution in [0.2, 0.25) is 0 Å². The lowest BCUT2D eigenvalue weighted by atomic mass is 9.54. The molecule has 4 nitrogen and oxygen atoms in total. The largest absolute Gasteiger partial charge is 0.394 e. The zero-order valence-electron chi connectivity index (χ0n) is 19.9. The van der Waals surface area contributed by atoms with E-state index in [1.807, 2.05) is 12.3 Å². The van der Waals surface area contributed by atoms with Gasteiger partial charge in [0.15, 0.2) is 5.78 Å². The predicted octanol–water partition coefficient (Wildman–Crippen LogP) is 5.74. The molecule has 0 amide bonds. The van der Waals surface area contributed by atoms with Crippen LogP contribution in [0.25, 0.3) is 5.57 Å². The van der Waals surface area contributed by atoms with Crippen LogP contribution in [0.5, 0.6) is 0 Å². The first kappa shape index (κ1) is 23.4. The van der Waals surface area contributed by atoms with E-state index in [1.165, 1.54) is 22.9 Å². The van der Waals surface area contributed by atoms with Crippen LogP contribution in [0.3, 0.4) is 0 Å². The number of hydrogen-bond acceptors (Lipinski definition) is 4. The van der Waals surface area contributed by atoms with Crippen molar-refractivity contribution in [2.24, 2.45) is 17.3 Å². The standard InChI is InChI=1S/C29H34FNO3/c1-29-11-10-24-23-6-5-20(28(33)3-2-13-34-14-12-32)15-19(23)4-7-25(24)27(29)9-8-26(29)21-16-22(30)18-31-17-21/h5-6,8,15-18,24-25,27,32H,2-4,7,9-14H2,1H3/t24-,25-,27+,29-/m1/s1. The van der Waals surface area contributed by atoms with Crippen LogP contribution < -0.4 is 0 Å². The molecule has 0 radical (unpaired) electrons. The molecule has 1 fully saturated rings. The summed E-state index contributed by atoms with van der Waals surface area (Å²) in [5.41, 5.74) is 5.86. The average molecular weight is 464 g/mol. The Labute approximate surface area is 201 Å². The van der Waals surface area contributed by atoms with E-state index >= 15 is 0 Å². The third-order valence-corrected chi connectivity index (χ3v) is 8.57. The van der Waals surface area contributed by atoms with Crippen molar-refractivity contribution in [3.8, 4) is 0 Å². The van der Waals surface area contributed by atoms with Crippen molar-refractivity contribution in [2.45, 2.75) is 57.8 Å². The van der Waals surface area contributed by atoms with Crippen LogP contribution in [-0.2, 0) is 11.2 Å². The van der Waals surface area contributed by atoms with E-state index in [0.717, 1.165) is 43.2 Å². The number of carbonyl (C=O) groups is 1. The van der Waals surface area contributed by atoms with Crippen LogP contribution in [0.4, 0.5) is 4.39 Å². The second kappa shape index (κ2) is 9.71. The normalized spacial score (nSPS) is 27.5. The number of ether oxygens (including phenoxy) is 1. The van der Waals surface area contributed by atoms with Crippen LogP contribution in [0.1, 0.15) is 78.4 Å². The van der Waals surface area contributed by atoms with E-state index in [0.29, 0.717) is 43.8 Å². The number of ketones is 1. The smallest absolute Gasteiger partial charge is 0.162 e. The number of halogens is 1. The minimum absolute atomic E-state index is 0.0142. The van der Waals surface area contributed by atoms with Gasteiger partial charge in [0.05, 0.1) is 19.4 Å². The number of allylic oxidation sites excluding steroid dienone is 2. The Bertz CT molecular complexity index is 1100. The number of carbonyl (C=O) groups excluding carboxylic acids is 1. The van der Waals surface area contributed by atoms with Gasteiger partial charge in [-0.1, -0.05) is 25.1 Å². The van der Waals surface area contributed by atoms with E-state index < -0.39 is 0 Å². The van der Waals surface area contributed by atoms with Crippen LogP contribution in [-0.4, -0.2) is 35.7 Å². The van der Waals surface area contributed by atoms with Gasteiger partial charge >= 0.3 is 0 Å². The molecular weight excluding hydrogens is 429 g/mol. The Morgan fingerprint density at radius 3 is 2.94 bits per heavy atom. The van der Waals surface area contributed by atoms with Gasteiger partial charge in [-0.2, -0.15) is 0 Å². The van der Waals surface area contributed by atoms with Gasteiger partial charge < -0.3 is 9.84 Å². The van der Waals surface area contributed by atoms with Crippen molar-refractivity contribution in [1.29, 1.82) is 0 Å². The lowest BCUT2D eigenvalue weighted by Gasteiger charge is -2.50. The maximum absolute atomic E-state index is 13.9. The SMILES string of the molecule is C[C@]12CC[C@@H]3c4ccc(C(=O)CCCOCCO)cc4CC[C@H]3[C@@H]1CC=C2c1cncc(F)c1. The zero-order valence-corrected chi connectivity index (χ0v) is 19.9. The molecule has 4 atom stereocenters. The lowest BCUT2D eigenvalue weighted by molar-refractivity contribution is 0.0831. The summed E-state index contributed by atoms with van der Waals surface area (Å²) in [5.74, 6) is 1.62. The first-order valence-corrected chi connectivity index (χ1v) is 12.7. The molecule has 0 saturated heterocycles. The van der Waals surface area contributed by atoms with Gasteiger partial charge in [-0.15, -0.1) is 0 Å². The molecule has 0 spiro atoms. The van der Waals surface area contributed by atoms with Crippen molar-refractivity contribution < 1.29 is 19.0 Å². The quantitative estimate of drug-likeness (QED) is 0.400. The summed E-state index contributed by atoms with van der Waals surface area (Å²) < 4.78 is 19.2. The molecule has 1 aromatic carbocycles. The van der Waals surface area contributed by atoms with Gasteiger partial charge in [0.1, 0.15) is 5.82 Å². The topological polar surface area (TPSA) is 59.4 Å². The fourth-order valence-corrected chi connectivity index (χ4v) is 6.98. The van der Waals surface area contributed by atoms with Gasteiger partial charge in [0.2, 0.25) is 0 Å². The maximum atomic E-state index is 13.9. The number of aliphatic hydroxyl groups is 1. The number of benzene rings is 1. The Balaban J connectivity index is 1.29. The minimum atomic E-state index is -0.270. The molecule has 1 saturated carbocycles. The highest BCUT2D eigenvalue weighted by molar-refractivity contribution is 5.96. The highest BCUT2D eigenvalue weighted by atomic mass is 19.1. The van der Waals surface area contributed by atoms with Crippen molar-refractivity contribution in [3.63, 3.8) is 0 Å². The second-order valence-electron chi connectivity index (χ2n) is 10.4. The molecule has 34 heavy (non-hydrogen) atoms. The number of hydrogen-bond donors (Lipinski definition) is 1. The number of aliphatic hydroxyl groups excluding tert-OH is 1. The summed E-state index contributed by atoms with van der Waals surface area (Å²) in [6.07, 6.45) is 12.0. The summed E-state index contributed by atoms with van der Waals surface area (Å²) in [7, 11) is 0. The molecule has 2 aromatic rings. The summed E-state index contributed by atoms with van der Waals surface area (Å²) in [5, 5.41) is 8.78. The molecule has 3 aliphatic carbocycles. The fourth-order valence-electron chi connectivity index (χ4n) is 6.98. The average Bonchev–Trinajstić information content (AvgIpc) is 3.20. The van der Waals surface area contributed by atoms with E-state index in [1.54, 1.807) is 6.07 Å². The van der Waals surface area contributed by atoms with Gasteiger partial charge in [0.25, 0.3) is 0 Å². The molecule has 1 N–H and O–H groups in total. The number of fused-ring (bicyclic) bond motifs is 5. The van der Waals surface area contributed by atoms with Gasteiger partial charge in [-0.05, 0) is 96.1 Å². The Morgan fingerprint density at radius 1 is 1.24 bits per heavy atom. The van der Waals surface area contributed by atoms with Crippen LogP contribution in [0.15, 0.2) is 42.7 Å². The van der Waals surface area contributed by atoms with Crippen molar-refractivity contribution in [3.05, 3.63) is 70.8 Å². The van der Waals surface area contributed by atoms with E-state index in [4.69, 9.17) is 9.84 Å². The molecule has 3 aliphatic rings. The monoisotopic (exact) mass is 463 g/mol. The highest BCUT2D eigenvalue weighted by Gasteiger charge is 2.51. The van der Waals surface area contributed by atoms with Gasteiger partial charge in [0, 0.05) is 24.8 Å². The molecule has 5 heteroatoms. The second-order valence-corrected chi connectivity index (χ2v) is 10.4. The van der Waals surface area contributed by atoms with Gasteiger partial charge in [-0.3, -0.25) is 9.78 Å². The molecular formula is C29H34FNO3. The van der Waals surface area contributed by atoms with Crippen molar-refractivity contribution in [2.75, 3.05) is 19.8 Å². The number of Topliss-reactive ketones (excluding diaryl/α,β-unsaturated/α-hetero) is 1. The summed E-state index contributed by atoms with van der Waals surface area (Å²) >= 11 is 0. The first-order valence-electron chi connectivity index (χ1n) is 12.7. The maximum Gasteiger partial charge on any atom is 0.162 e. The van der Waals surface area contributed by atoms with Crippen LogP contribution in [0, 0.1) is 23.1 Å². The Morgan fingerprint density at radius 2 is 2.12 bits per heavy atom. The number of nitrogens with zero attached hydrogens (tertiary/aromatic N) is 1. The van der Waals surface area contributed by atoms with E-state index in [9.17, 15) is 9.18 Å². The molecule has 1 heterocycles. The number of aromatic nitrogens is 1. The zero-order chi connectivity index (χ0) is 23.7. The van der Waals surface area contributed by atoms with Crippen molar-refractivity contribution >= 4 is 11.4 Å². The summed E-state index contributed by atoms with van der Waals surface area (Å²) in [6.45, 7) is 3.22. The number of aryl methyl sites for hydroxylation is 1. The third kappa shape index (κ3) is 4.25. The van der Waals surface area contributed by atoms with Crippen molar-refractivity contribution in [1.82, 2.24) is 4.98 Å². The first-order chi connectivity index (χ1) is 16.5. The molecule has 180 valence electrons.